The Bertz CT molecular complexity index is 606. The minimum absolute atomic E-state index is 0.0410. The molecule has 6 nitrogen and oxygen atoms in total. The molecule has 1 fully saturated rings. The Morgan fingerprint density at radius 1 is 1.17 bits per heavy atom. The monoisotopic (exact) mass is 315 g/mol. The zero-order valence-corrected chi connectivity index (χ0v) is 13.1. The van der Waals surface area contributed by atoms with Crippen molar-refractivity contribution in [2.24, 2.45) is 5.92 Å². The molecular weight excluding hydrogens is 294 g/mol. The molecule has 0 bridgehead atoms. The number of hydrogen-bond acceptors (Lipinski definition) is 4. The highest BCUT2D eigenvalue weighted by Crippen LogP contribution is 2.24. The number of anilines is 1. The van der Waals surface area contributed by atoms with Gasteiger partial charge in [-0.25, -0.2) is 0 Å². The number of rotatable bonds is 5. The molecule has 0 N–H and O–H groups in total. The lowest BCUT2D eigenvalue weighted by atomic mass is 10.00. The third kappa shape index (κ3) is 3.76. The van der Waals surface area contributed by atoms with E-state index in [1.807, 2.05) is 6.08 Å². The fraction of sp³-hybridized carbons (Fsp3) is 0.471. The van der Waals surface area contributed by atoms with Crippen LogP contribution in [-0.4, -0.2) is 41.9 Å². The molecule has 1 amide bonds. The summed E-state index contributed by atoms with van der Waals surface area (Å²) in [6.07, 6.45) is 7.23. The van der Waals surface area contributed by atoms with Crippen molar-refractivity contribution in [3.8, 4) is 0 Å². The number of hydrogen-bond donors (Lipinski definition) is 0. The number of nitro benzene ring substituents is 1. The van der Waals surface area contributed by atoms with Crippen LogP contribution in [0.1, 0.15) is 19.3 Å². The van der Waals surface area contributed by atoms with E-state index in [9.17, 15) is 14.9 Å². The Hall–Kier alpha value is -2.21. The van der Waals surface area contributed by atoms with Crippen LogP contribution >= 0.6 is 0 Å². The molecule has 2 heterocycles. The molecule has 1 atom stereocenters. The second-order valence-electron chi connectivity index (χ2n) is 6.18. The summed E-state index contributed by atoms with van der Waals surface area (Å²) in [5, 5.41) is 10.7. The van der Waals surface area contributed by atoms with Gasteiger partial charge in [-0.2, -0.15) is 0 Å². The second kappa shape index (κ2) is 6.91. The molecule has 1 aromatic carbocycles. The Kier molecular flexibility index (Phi) is 4.71. The number of carbonyl (C=O) groups is 1. The summed E-state index contributed by atoms with van der Waals surface area (Å²) in [5.74, 6) is 0.278. The van der Waals surface area contributed by atoms with E-state index >= 15 is 0 Å². The molecule has 1 unspecified atom stereocenters. The van der Waals surface area contributed by atoms with Crippen molar-refractivity contribution in [1.82, 2.24) is 4.90 Å². The van der Waals surface area contributed by atoms with Crippen LogP contribution in [0.5, 0.6) is 0 Å². The molecule has 1 aromatic rings. The average molecular weight is 315 g/mol. The van der Waals surface area contributed by atoms with Gasteiger partial charge in [-0.3, -0.25) is 14.9 Å². The first-order valence-electron chi connectivity index (χ1n) is 8.10. The highest BCUT2D eigenvalue weighted by atomic mass is 16.6. The molecule has 0 saturated carbocycles. The molecule has 2 aliphatic heterocycles. The van der Waals surface area contributed by atoms with E-state index in [1.165, 1.54) is 38.1 Å². The first-order valence-corrected chi connectivity index (χ1v) is 8.10. The third-order valence-corrected chi connectivity index (χ3v) is 4.58. The topological polar surface area (TPSA) is 66.7 Å². The first-order chi connectivity index (χ1) is 11.1. The maximum Gasteiger partial charge on any atom is 0.269 e. The highest BCUT2D eigenvalue weighted by Gasteiger charge is 2.23. The van der Waals surface area contributed by atoms with Gasteiger partial charge >= 0.3 is 0 Å². The molecule has 122 valence electrons. The summed E-state index contributed by atoms with van der Waals surface area (Å²) in [4.78, 5) is 26.6. The zero-order chi connectivity index (χ0) is 16.2. The lowest BCUT2D eigenvalue weighted by Gasteiger charge is -2.29. The standard InChI is InChI=1S/C17H21N3O3/c21-17-8-3-14(9-12-18-10-1-2-11-18)13-19(17)15-4-6-16(7-5-15)20(22)23/h3-8,14H,1-2,9-13H2. The van der Waals surface area contributed by atoms with Crippen molar-refractivity contribution in [3.63, 3.8) is 0 Å². The summed E-state index contributed by atoms with van der Waals surface area (Å²) in [6.45, 7) is 4.07. The normalized spacial score (nSPS) is 21.8. The number of carbonyl (C=O) groups excluding carboxylic acids is 1. The Labute approximate surface area is 135 Å². The molecule has 0 radical (unpaired) electrons. The Morgan fingerprint density at radius 3 is 2.52 bits per heavy atom. The van der Waals surface area contributed by atoms with Crippen LogP contribution < -0.4 is 4.90 Å². The van der Waals surface area contributed by atoms with Crippen molar-refractivity contribution >= 4 is 17.3 Å². The van der Waals surface area contributed by atoms with E-state index in [2.05, 4.69) is 4.90 Å². The summed E-state index contributed by atoms with van der Waals surface area (Å²) in [5.41, 5.74) is 0.760. The van der Waals surface area contributed by atoms with Crippen molar-refractivity contribution in [2.75, 3.05) is 31.1 Å². The molecular formula is C17H21N3O3. The van der Waals surface area contributed by atoms with Gasteiger partial charge in [0.15, 0.2) is 0 Å². The molecule has 1 saturated heterocycles. The molecule has 0 aromatic heterocycles. The van der Waals surface area contributed by atoms with Gasteiger partial charge in [0.25, 0.3) is 11.6 Å². The molecule has 23 heavy (non-hydrogen) atoms. The van der Waals surface area contributed by atoms with E-state index in [4.69, 9.17) is 0 Å². The molecule has 3 rings (SSSR count). The first kappa shape index (κ1) is 15.7. The lowest BCUT2D eigenvalue weighted by Crippen LogP contribution is -2.38. The number of non-ortho nitro benzene ring substituents is 1. The van der Waals surface area contributed by atoms with Crippen LogP contribution in [0.3, 0.4) is 0 Å². The smallest absolute Gasteiger partial charge is 0.269 e. The summed E-state index contributed by atoms with van der Waals surface area (Å²) in [6, 6.07) is 6.18. The lowest BCUT2D eigenvalue weighted by molar-refractivity contribution is -0.384. The predicted octanol–water partition coefficient (Wildman–Crippen LogP) is 2.60. The minimum Gasteiger partial charge on any atom is -0.308 e. The number of likely N-dealkylation sites (tertiary alicyclic amines) is 1. The summed E-state index contributed by atoms with van der Waals surface area (Å²) >= 11 is 0. The summed E-state index contributed by atoms with van der Waals surface area (Å²) < 4.78 is 0. The molecule has 6 heteroatoms. The van der Waals surface area contributed by atoms with E-state index < -0.39 is 4.92 Å². The van der Waals surface area contributed by atoms with Crippen LogP contribution in [0.4, 0.5) is 11.4 Å². The van der Waals surface area contributed by atoms with Crippen molar-refractivity contribution in [1.29, 1.82) is 0 Å². The van der Waals surface area contributed by atoms with Gasteiger partial charge in [-0.1, -0.05) is 6.08 Å². The molecule has 2 aliphatic rings. The maximum absolute atomic E-state index is 12.1. The van der Waals surface area contributed by atoms with Gasteiger partial charge in [0.05, 0.1) is 4.92 Å². The SMILES string of the molecule is O=C1C=CC(CCN2CCCC2)CN1c1ccc([N+](=O)[O-])cc1. The number of nitrogens with zero attached hydrogens (tertiary/aromatic N) is 3. The average Bonchev–Trinajstić information content (AvgIpc) is 3.08. The fourth-order valence-corrected chi connectivity index (χ4v) is 3.22. The Morgan fingerprint density at radius 2 is 1.87 bits per heavy atom. The fourth-order valence-electron chi connectivity index (χ4n) is 3.22. The number of nitro groups is 1. The minimum atomic E-state index is -0.430. The van der Waals surface area contributed by atoms with Crippen molar-refractivity contribution in [2.45, 2.75) is 19.3 Å². The van der Waals surface area contributed by atoms with E-state index in [0.29, 0.717) is 12.5 Å². The number of benzene rings is 1. The van der Waals surface area contributed by atoms with Crippen molar-refractivity contribution in [3.05, 3.63) is 46.5 Å². The van der Waals surface area contributed by atoms with Crippen LogP contribution in [0.2, 0.25) is 0 Å². The van der Waals surface area contributed by atoms with E-state index in [0.717, 1.165) is 18.7 Å². The quantitative estimate of drug-likeness (QED) is 0.619. The van der Waals surface area contributed by atoms with Gasteiger partial charge in [-0.05, 0) is 63.0 Å². The largest absolute Gasteiger partial charge is 0.308 e. The van der Waals surface area contributed by atoms with E-state index in [1.54, 1.807) is 23.1 Å². The van der Waals surface area contributed by atoms with E-state index in [-0.39, 0.29) is 11.6 Å². The van der Waals surface area contributed by atoms with Crippen LogP contribution in [0, 0.1) is 16.0 Å². The zero-order valence-electron chi connectivity index (χ0n) is 13.1. The van der Waals surface area contributed by atoms with Crippen LogP contribution in [0.25, 0.3) is 0 Å². The van der Waals surface area contributed by atoms with Gasteiger partial charge in [-0.15, -0.1) is 0 Å². The maximum atomic E-state index is 12.1. The van der Waals surface area contributed by atoms with Gasteiger partial charge < -0.3 is 9.80 Å². The van der Waals surface area contributed by atoms with Crippen LogP contribution in [-0.2, 0) is 4.79 Å². The van der Waals surface area contributed by atoms with Gasteiger partial charge in [0.1, 0.15) is 0 Å². The van der Waals surface area contributed by atoms with Crippen molar-refractivity contribution < 1.29 is 9.72 Å². The van der Waals surface area contributed by atoms with Gasteiger partial charge in [0, 0.05) is 24.4 Å². The molecule has 0 aliphatic carbocycles. The number of amides is 1. The second-order valence-corrected chi connectivity index (χ2v) is 6.18. The molecule has 0 spiro atoms. The third-order valence-electron chi connectivity index (χ3n) is 4.58. The van der Waals surface area contributed by atoms with Crippen LogP contribution in [0.15, 0.2) is 36.4 Å². The Balaban J connectivity index is 1.63. The highest BCUT2D eigenvalue weighted by molar-refractivity contribution is 6.02. The predicted molar refractivity (Wildman–Crippen MR) is 88.4 cm³/mol. The van der Waals surface area contributed by atoms with Gasteiger partial charge in [0.2, 0.25) is 0 Å². The summed E-state index contributed by atoms with van der Waals surface area (Å²) in [7, 11) is 0.